The van der Waals surface area contributed by atoms with Crippen molar-refractivity contribution in [1.29, 1.82) is 0 Å². The molecular weight excluding hydrogens is 481 g/mol. The van der Waals surface area contributed by atoms with Gasteiger partial charge in [-0.2, -0.15) is 5.11 Å². The second-order valence-electron chi connectivity index (χ2n) is 8.41. The van der Waals surface area contributed by atoms with Gasteiger partial charge in [0.05, 0.1) is 23.8 Å². The van der Waals surface area contributed by atoms with Gasteiger partial charge in [0.1, 0.15) is 18.0 Å². The summed E-state index contributed by atoms with van der Waals surface area (Å²) in [5, 5.41) is 21.2. The molecule has 0 fully saturated rings. The highest BCUT2D eigenvalue weighted by Crippen LogP contribution is 2.27. The Balaban J connectivity index is 1.21. The van der Waals surface area contributed by atoms with Crippen molar-refractivity contribution < 1.29 is 9.50 Å². The normalized spacial score (nSPS) is 11.1. The molecule has 5 rings (SSSR count). The molecule has 0 unspecified atom stereocenters. The van der Waals surface area contributed by atoms with E-state index < -0.39 is 5.82 Å². The zero-order valence-electron chi connectivity index (χ0n) is 20.6. The SMILES string of the molecule is CCc1ncccc1-c1nc(N=NCc2ccc(Nc3ccc(-c4cccc(O)c4)cc3)cn2)ncc1F. The molecule has 9 heteroatoms. The number of aromatic hydroxyl groups is 1. The van der Waals surface area contributed by atoms with Crippen LogP contribution in [0, 0.1) is 5.82 Å². The van der Waals surface area contributed by atoms with Gasteiger partial charge in [0.2, 0.25) is 0 Å². The molecule has 0 saturated carbocycles. The van der Waals surface area contributed by atoms with Crippen LogP contribution >= 0.6 is 0 Å². The first-order valence-corrected chi connectivity index (χ1v) is 12.0. The molecule has 8 nitrogen and oxygen atoms in total. The van der Waals surface area contributed by atoms with Crippen molar-refractivity contribution in [3.05, 3.63) is 109 Å². The minimum Gasteiger partial charge on any atom is -0.508 e. The summed E-state index contributed by atoms with van der Waals surface area (Å²) in [6.07, 6.45) is 5.13. The Morgan fingerprint density at radius 1 is 0.868 bits per heavy atom. The van der Waals surface area contributed by atoms with E-state index in [9.17, 15) is 9.50 Å². The van der Waals surface area contributed by atoms with E-state index in [1.54, 1.807) is 36.7 Å². The molecule has 0 bridgehead atoms. The number of hydrogen-bond acceptors (Lipinski definition) is 8. The average molecular weight is 506 g/mol. The maximum absolute atomic E-state index is 14.4. The Morgan fingerprint density at radius 2 is 1.71 bits per heavy atom. The van der Waals surface area contributed by atoms with Crippen LogP contribution < -0.4 is 5.32 Å². The van der Waals surface area contributed by atoms with Crippen LogP contribution in [0.4, 0.5) is 21.7 Å². The molecule has 38 heavy (non-hydrogen) atoms. The number of pyridine rings is 2. The van der Waals surface area contributed by atoms with Gasteiger partial charge in [-0.25, -0.2) is 14.4 Å². The fraction of sp³-hybridized carbons (Fsp3) is 0.103. The van der Waals surface area contributed by atoms with Crippen LogP contribution in [0.15, 0.2) is 102 Å². The fourth-order valence-corrected chi connectivity index (χ4v) is 3.89. The van der Waals surface area contributed by atoms with Crippen molar-refractivity contribution in [3.8, 4) is 28.1 Å². The lowest BCUT2D eigenvalue weighted by Gasteiger charge is -2.08. The number of nitrogens with one attached hydrogen (secondary N) is 1. The molecule has 3 aromatic heterocycles. The standard InChI is InChI=1S/C29H24FN7O/c1-2-27-25(7-4-14-31-27)28-26(30)18-33-29(36-28)37-34-17-22-12-13-23(16-32-22)35-21-10-8-19(9-11-21)20-5-3-6-24(38)15-20/h3-16,18,35,38H,2,17H2,1H3. The van der Waals surface area contributed by atoms with E-state index in [1.807, 2.05) is 55.5 Å². The zero-order chi connectivity index (χ0) is 26.3. The number of benzene rings is 2. The van der Waals surface area contributed by atoms with E-state index in [0.717, 1.165) is 34.4 Å². The van der Waals surface area contributed by atoms with Crippen LogP contribution in [-0.4, -0.2) is 25.0 Å². The molecule has 2 aromatic carbocycles. The van der Waals surface area contributed by atoms with E-state index in [0.29, 0.717) is 17.7 Å². The number of anilines is 2. The minimum atomic E-state index is -0.537. The van der Waals surface area contributed by atoms with Crippen LogP contribution in [0.3, 0.4) is 0 Å². The van der Waals surface area contributed by atoms with Gasteiger partial charge in [-0.15, -0.1) is 5.11 Å². The molecule has 0 spiro atoms. The molecule has 0 aliphatic rings. The van der Waals surface area contributed by atoms with E-state index in [-0.39, 0.29) is 23.9 Å². The molecule has 0 saturated heterocycles. The minimum absolute atomic E-state index is 0.0692. The number of hydrogen-bond donors (Lipinski definition) is 2. The average Bonchev–Trinajstić information content (AvgIpc) is 2.95. The lowest BCUT2D eigenvalue weighted by molar-refractivity contribution is 0.475. The van der Waals surface area contributed by atoms with Crippen LogP contribution in [0.2, 0.25) is 0 Å². The Kier molecular flexibility index (Phi) is 7.35. The largest absolute Gasteiger partial charge is 0.508 e. The van der Waals surface area contributed by atoms with E-state index in [2.05, 4.69) is 35.5 Å². The monoisotopic (exact) mass is 505 g/mol. The van der Waals surface area contributed by atoms with Crippen LogP contribution in [0.5, 0.6) is 5.75 Å². The topological polar surface area (TPSA) is 109 Å². The summed E-state index contributed by atoms with van der Waals surface area (Å²) in [4.78, 5) is 16.9. The van der Waals surface area contributed by atoms with Gasteiger partial charge in [-0.05, 0) is 66.1 Å². The number of rotatable bonds is 8. The molecule has 2 N–H and O–H groups in total. The molecule has 188 valence electrons. The number of phenols is 1. The predicted octanol–water partition coefficient (Wildman–Crippen LogP) is 7.04. The maximum Gasteiger partial charge on any atom is 0.269 e. The maximum atomic E-state index is 14.4. The lowest BCUT2D eigenvalue weighted by atomic mass is 10.1. The Bertz CT molecular complexity index is 1570. The smallest absolute Gasteiger partial charge is 0.269 e. The predicted molar refractivity (Wildman–Crippen MR) is 144 cm³/mol. The van der Waals surface area contributed by atoms with E-state index in [4.69, 9.17) is 0 Å². The van der Waals surface area contributed by atoms with Crippen molar-refractivity contribution in [2.45, 2.75) is 19.9 Å². The third-order valence-electron chi connectivity index (χ3n) is 5.78. The second-order valence-corrected chi connectivity index (χ2v) is 8.41. The van der Waals surface area contributed by atoms with Gasteiger partial charge in [-0.3, -0.25) is 9.97 Å². The molecule has 3 heterocycles. The molecule has 0 radical (unpaired) electrons. The first-order chi connectivity index (χ1) is 18.6. The van der Waals surface area contributed by atoms with Gasteiger partial charge in [0, 0.05) is 23.1 Å². The number of nitrogens with zero attached hydrogens (tertiary/aromatic N) is 6. The van der Waals surface area contributed by atoms with Crippen molar-refractivity contribution in [2.75, 3.05) is 5.32 Å². The summed E-state index contributed by atoms with van der Waals surface area (Å²) < 4.78 is 14.4. The third kappa shape index (κ3) is 5.84. The summed E-state index contributed by atoms with van der Waals surface area (Å²) in [5.41, 5.74) is 5.92. The highest BCUT2D eigenvalue weighted by Gasteiger charge is 2.13. The lowest BCUT2D eigenvalue weighted by Crippen LogP contribution is -1.97. The van der Waals surface area contributed by atoms with Gasteiger partial charge >= 0.3 is 0 Å². The first kappa shape index (κ1) is 24.6. The molecule has 0 aliphatic carbocycles. The summed E-state index contributed by atoms with van der Waals surface area (Å²) in [6.45, 7) is 2.18. The van der Waals surface area contributed by atoms with Crippen LogP contribution in [0.25, 0.3) is 22.4 Å². The van der Waals surface area contributed by atoms with E-state index >= 15 is 0 Å². The Morgan fingerprint density at radius 3 is 2.47 bits per heavy atom. The van der Waals surface area contributed by atoms with E-state index in [1.165, 1.54) is 0 Å². The fourth-order valence-electron chi connectivity index (χ4n) is 3.89. The van der Waals surface area contributed by atoms with Crippen molar-refractivity contribution in [1.82, 2.24) is 19.9 Å². The summed E-state index contributed by atoms with van der Waals surface area (Å²) in [7, 11) is 0. The molecule has 0 atom stereocenters. The van der Waals surface area contributed by atoms with Gasteiger partial charge in [0.25, 0.3) is 5.95 Å². The molecule has 5 aromatic rings. The zero-order valence-corrected chi connectivity index (χ0v) is 20.6. The first-order valence-electron chi connectivity index (χ1n) is 12.0. The highest BCUT2D eigenvalue weighted by atomic mass is 19.1. The molecule has 0 amide bonds. The summed E-state index contributed by atoms with van der Waals surface area (Å²) in [6, 6.07) is 22.3. The number of phenolic OH excluding ortho intramolecular Hbond substituents is 1. The molecule has 0 aliphatic heterocycles. The third-order valence-corrected chi connectivity index (χ3v) is 5.78. The van der Waals surface area contributed by atoms with Crippen molar-refractivity contribution in [3.63, 3.8) is 0 Å². The van der Waals surface area contributed by atoms with Crippen LogP contribution in [0.1, 0.15) is 18.3 Å². The van der Waals surface area contributed by atoms with Gasteiger partial charge < -0.3 is 10.4 Å². The molecular formula is C29H24FN7O. The quantitative estimate of drug-likeness (QED) is 0.219. The Hall–Kier alpha value is -5.05. The number of aromatic nitrogens is 4. The highest BCUT2D eigenvalue weighted by molar-refractivity contribution is 5.69. The summed E-state index contributed by atoms with van der Waals surface area (Å²) >= 11 is 0. The second kappa shape index (κ2) is 11.3. The number of halogens is 1. The van der Waals surface area contributed by atoms with Gasteiger partial charge in [0.15, 0.2) is 5.82 Å². The van der Waals surface area contributed by atoms with Crippen molar-refractivity contribution >= 4 is 17.3 Å². The van der Waals surface area contributed by atoms with Gasteiger partial charge in [-0.1, -0.05) is 31.2 Å². The van der Waals surface area contributed by atoms with Crippen LogP contribution in [-0.2, 0) is 13.0 Å². The Labute approximate surface area is 219 Å². The number of azo groups is 1. The summed E-state index contributed by atoms with van der Waals surface area (Å²) in [5.74, 6) is -0.231. The van der Waals surface area contributed by atoms with Crippen molar-refractivity contribution in [2.24, 2.45) is 10.2 Å². The number of aryl methyl sites for hydroxylation is 1.